The molecule has 0 bridgehead atoms. The second-order valence-electron chi connectivity index (χ2n) is 6.19. The molecule has 1 atom stereocenters. The molecule has 1 amide bonds. The van der Waals surface area contributed by atoms with Gasteiger partial charge in [0, 0.05) is 16.0 Å². The zero-order chi connectivity index (χ0) is 18.1. The first kappa shape index (κ1) is 17.3. The van der Waals surface area contributed by atoms with Crippen LogP contribution in [-0.2, 0) is 17.6 Å². The highest BCUT2D eigenvalue weighted by atomic mass is 32.2. The van der Waals surface area contributed by atoms with Gasteiger partial charge in [-0.2, -0.15) is 0 Å². The van der Waals surface area contributed by atoms with Crippen LogP contribution in [0.15, 0.2) is 35.6 Å². The fraction of sp³-hybridized carbons (Fsp3) is 0.316. The van der Waals surface area contributed by atoms with Gasteiger partial charge in [0.05, 0.1) is 12.4 Å². The van der Waals surface area contributed by atoms with Crippen molar-refractivity contribution in [2.75, 3.05) is 12.4 Å². The summed E-state index contributed by atoms with van der Waals surface area (Å²) in [4.78, 5) is 23.9. The van der Waals surface area contributed by atoms with Gasteiger partial charge in [0.1, 0.15) is 21.9 Å². The molecule has 0 spiro atoms. The molecule has 2 aromatic heterocycles. The summed E-state index contributed by atoms with van der Waals surface area (Å²) in [5.74, 6) is 0.721. The molecule has 0 saturated heterocycles. The first-order valence-corrected chi connectivity index (χ1v) is 10.2. The first-order valence-electron chi connectivity index (χ1n) is 8.52. The van der Waals surface area contributed by atoms with Crippen molar-refractivity contribution >= 4 is 44.9 Å². The van der Waals surface area contributed by atoms with E-state index in [0.717, 1.165) is 39.5 Å². The first-order chi connectivity index (χ1) is 12.7. The van der Waals surface area contributed by atoms with Crippen molar-refractivity contribution in [3.05, 3.63) is 41.0 Å². The van der Waals surface area contributed by atoms with Gasteiger partial charge < -0.3 is 10.1 Å². The molecule has 1 aliphatic rings. The van der Waals surface area contributed by atoms with Crippen LogP contribution in [0.25, 0.3) is 10.2 Å². The fourth-order valence-electron chi connectivity index (χ4n) is 3.13. The minimum absolute atomic E-state index is 0.0428. The average molecular weight is 386 g/mol. The highest BCUT2D eigenvalue weighted by molar-refractivity contribution is 8.00. The molecule has 1 N–H and O–H groups in total. The number of carbonyl (C=O) groups excluding carboxylic acids is 1. The Labute approximate surface area is 160 Å². The fourth-order valence-corrected chi connectivity index (χ4v) is 5.37. The number of benzene rings is 1. The van der Waals surface area contributed by atoms with Crippen molar-refractivity contribution in [1.82, 2.24) is 9.97 Å². The topological polar surface area (TPSA) is 64.1 Å². The Kier molecular flexibility index (Phi) is 4.82. The molecule has 26 heavy (non-hydrogen) atoms. The highest BCUT2D eigenvalue weighted by Crippen LogP contribution is 2.40. The Balaban J connectivity index is 1.51. The van der Waals surface area contributed by atoms with Crippen LogP contribution >= 0.6 is 23.1 Å². The SMILES string of the molecule is COc1ccc(NC(=O)[C@H](C)Sc2ncnc3sc4c(c23)CCC4)cc1. The molecule has 0 saturated carbocycles. The van der Waals surface area contributed by atoms with Crippen LogP contribution in [0.3, 0.4) is 0 Å². The van der Waals surface area contributed by atoms with Crippen LogP contribution < -0.4 is 10.1 Å². The summed E-state index contributed by atoms with van der Waals surface area (Å²) in [6.45, 7) is 1.91. The number of aromatic nitrogens is 2. The number of ether oxygens (including phenoxy) is 1. The number of carbonyl (C=O) groups is 1. The Morgan fingerprint density at radius 3 is 2.85 bits per heavy atom. The summed E-state index contributed by atoms with van der Waals surface area (Å²) in [5, 5.41) is 4.76. The highest BCUT2D eigenvalue weighted by Gasteiger charge is 2.23. The molecule has 7 heteroatoms. The predicted octanol–water partition coefficient (Wildman–Crippen LogP) is 4.31. The molecule has 0 fully saturated rings. The third-order valence-electron chi connectivity index (χ3n) is 4.48. The Hall–Kier alpha value is -2.12. The van der Waals surface area contributed by atoms with Gasteiger partial charge in [-0.3, -0.25) is 4.79 Å². The summed E-state index contributed by atoms with van der Waals surface area (Å²) in [7, 11) is 1.62. The van der Waals surface area contributed by atoms with E-state index in [1.165, 1.54) is 28.6 Å². The lowest BCUT2D eigenvalue weighted by atomic mass is 10.2. The van der Waals surface area contributed by atoms with Gasteiger partial charge in [-0.1, -0.05) is 11.8 Å². The molecule has 1 aromatic carbocycles. The Morgan fingerprint density at radius 2 is 2.08 bits per heavy atom. The zero-order valence-corrected chi connectivity index (χ0v) is 16.2. The van der Waals surface area contributed by atoms with Crippen molar-refractivity contribution in [2.45, 2.75) is 36.5 Å². The second kappa shape index (κ2) is 7.25. The standard InChI is InChI=1S/C19H19N3O2S2/c1-11(17(23)22-12-6-8-13(24-2)9-7-12)25-18-16-14-4-3-5-15(14)26-19(16)21-10-20-18/h6-11H,3-5H2,1-2H3,(H,22,23)/t11-/m0/s1. The van der Waals surface area contributed by atoms with Crippen LogP contribution in [0.2, 0.25) is 0 Å². The van der Waals surface area contributed by atoms with Gasteiger partial charge in [-0.25, -0.2) is 9.97 Å². The van der Waals surface area contributed by atoms with Crippen molar-refractivity contribution in [1.29, 1.82) is 0 Å². The maximum absolute atomic E-state index is 12.6. The number of hydrogen-bond acceptors (Lipinski definition) is 6. The molecular formula is C19H19N3O2S2. The third-order valence-corrected chi connectivity index (χ3v) is 6.78. The van der Waals surface area contributed by atoms with E-state index in [0.29, 0.717) is 0 Å². The van der Waals surface area contributed by atoms with E-state index in [-0.39, 0.29) is 11.2 Å². The third kappa shape index (κ3) is 3.29. The van der Waals surface area contributed by atoms with Gasteiger partial charge in [0.2, 0.25) is 5.91 Å². The number of hydrogen-bond donors (Lipinski definition) is 1. The van der Waals surface area contributed by atoms with Crippen LogP contribution in [0, 0.1) is 0 Å². The maximum Gasteiger partial charge on any atom is 0.237 e. The molecule has 0 radical (unpaired) electrons. The van der Waals surface area contributed by atoms with Gasteiger partial charge in [-0.05, 0) is 56.0 Å². The largest absolute Gasteiger partial charge is 0.497 e. The van der Waals surface area contributed by atoms with Gasteiger partial charge in [0.15, 0.2) is 0 Å². The molecule has 134 valence electrons. The summed E-state index contributed by atoms with van der Waals surface area (Å²) in [6.07, 6.45) is 5.02. The molecule has 0 aliphatic heterocycles. The molecule has 4 rings (SSSR count). The number of thiophene rings is 1. The van der Waals surface area contributed by atoms with Gasteiger partial charge in [0.25, 0.3) is 0 Å². The minimum Gasteiger partial charge on any atom is -0.497 e. The van der Waals surface area contributed by atoms with E-state index < -0.39 is 0 Å². The number of amides is 1. The number of fused-ring (bicyclic) bond motifs is 3. The monoisotopic (exact) mass is 385 g/mol. The van der Waals surface area contributed by atoms with E-state index in [2.05, 4.69) is 15.3 Å². The van der Waals surface area contributed by atoms with Crippen LogP contribution in [-0.4, -0.2) is 28.2 Å². The van der Waals surface area contributed by atoms with E-state index in [1.807, 2.05) is 31.2 Å². The molecule has 1 aliphatic carbocycles. The average Bonchev–Trinajstić information content (AvgIpc) is 3.23. The quantitative estimate of drug-likeness (QED) is 0.524. The lowest BCUT2D eigenvalue weighted by molar-refractivity contribution is -0.115. The summed E-state index contributed by atoms with van der Waals surface area (Å²) in [6, 6.07) is 7.33. The number of nitrogens with zero attached hydrogens (tertiary/aromatic N) is 2. The smallest absolute Gasteiger partial charge is 0.237 e. The number of anilines is 1. The normalized spacial score (nSPS) is 14.2. The van der Waals surface area contributed by atoms with Crippen molar-refractivity contribution in [3.63, 3.8) is 0 Å². The number of rotatable bonds is 5. The predicted molar refractivity (Wildman–Crippen MR) is 106 cm³/mol. The molecule has 3 aromatic rings. The van der Waals surface area contributed by atoms with Crippen molar-refractivity contribution < 1.29 is 9.53 Å². The van der Waals surface area contributed by atoms with Crippen LogP contribution in [0.4, 0.5) is 5.69 Å². The lowest BCUT2D eigenvalue weighted by Gasteiger charge is -2.12. The van der Waals surface area contributed by atoms with E-state index in [4.69, 9.17) is 4.74 Å². The zero-order valence-electron chi connectivity index (χ0n) is 14.6. The van der Waals surface area contributed by atoms with Gasteiger partial charge >= 0.3 is 0 Å². The molecule has 5 nitrogen and oxygen atoms in total. The number of aryl methyl sites for hydroxylation is 2. The van der Waals surface area contributed by atoms with Gasteiger partial charge in [-0.15, -0.1) is 11.3 Å². The number of methoxy groups -OCH3 is 1. The molecular weight excluding hydrogens is 366 g/mol. The number of thioether (sulfide) groups is 1. The molecule has 2 heterocycles. The summed E-state index contributed by atoms with van der Waals surface area (Å²) < 4.78 is 5.14. The van der Waals surface area contributed by atoms with E-state index in [1.54, 1.807) is 24.8 Å². The maximum atomic E-state index is 12.6. The second-order valence-corrected chi connectivity index (χ2v) is 8.61. The molecule has 0 unspecified atom stereocenters. The number of nitrogens with one attached hydrogen (secondary N) is 1. The lowest BCUT2D eigenvalue weighted by Crippen LogP contribution is -2.22. The summed E-state index contributed by atoms with van der Waals surface area (Å²) in [5.41, 5.74) is 2.14. The summed E-state index contributed by atoms with van der Waals surface area (Å²) >= 11 is 3.26. The van der Waals surface area contributed by atoms with Crippen molar-refractivity contribution in [2.24, 2.45) is 0 Å². The van der Waals surface area contributed by atoms with Crippen LogP contribution in [0.1, 0.15) is 23.8 Å². The van der Waals surface area contributed by atoms with E-state index >= 15 is 0 Å². The van der Waals surface area contributed by atoms with E-state index in [9.17, 15) is 4.79 Å². The Morgan fingerprint density at radius 1 is 1.27 bits per heavy atom. The van der Waals surface area contributed by atoms with Crippen molar-refractivity contribution in [3.8, 4) is 5.75 Å². The van der Waals surface area contributed by atoms with Crippen LogP contribution in [0.5, 0.6) is 5.75 Å². The minimum atomic E-state index is -0.257. The Bertz CT molecular complexity index is 953.